The van der Waals surface area contributed by atoms with Gasteiger partial charge in [0.2, 0.25) is 5.91 Å². The summed E-state index contributed by atoms with van der Waals surface area (Å²) in [4.78, 5) is 42.7. The van der Waals surface area contributed by atoms with E-state index in [0.29, 0.717) is 27.4 Å². The molecule has 39 heavy (non-hydrogen) atoms. The second-order valence-corrected chi connectivity index (χ2v) is 11.9. The fraction of sp³-hybridized carbons (Fsp3) is 0.519. The molecule has 1 aromatic carbocycles. The van der Waals surface area contributed by atoms with Crippen LogP contribution < -0.4 is 15.5 Å². The van der Waals surface area contributed by atoms with Crippen molar-refractivity contribution < 1.29 is 27.9 Å². The fourth-order valence-corrected chi connectivity index (χ4v) is 5.90. The van der Waals surface area contributed by atoms with Crippen LogP contribution in [0.5, 0.6) is 0 Å². The highest BCUT2D eigenvalue weighted by molar-refractivity contribution is 7.18. The predicted molar refractivity (Wildman–Crippen MR) is 146 cm³/mol. The molecular formula is C27H31ClF2N4O4S. The molecule has 2 saturated carbocycles. The molecular weight excluding hydrogens is 550 g/mol. The van der Waals surface area contributed by atoms with Crippen LogP contribution in [0.3, 0.4) is 0 Å². The van der Waals surface area contributed by atoms with Gasteiger partial charge >= 0.3 is 0 Å². The Morgan fingerprint density at radius 2 is 1.97 bits per heavy atom. The average molecular weight is 581 g/mol. The van der Waals surface area contributed by atoms with Crippen LogP contribution in [-0.2, 0) is 14.3 Å². The van der Waals surface area contributed by atoms with Gasteiger partial charge in [-0.25, -0.2) is 8.78 Å². The largest absolute Gasteiger partial charge is 0.370 e. The lowest BCUT2D eigenvalue weighted by atomic mass is 9.89. The lowest BCUT2D eigenvalue weighted by Crippen LogP contribution is -2.56. The number of amides is 3. The van der Waals surface area contributed by atoms with Crippen molar-refractivity contribution in [2.75, 3.05) is 43.1 Å². The van der Waals surface area contributed by atoms with Crippen molar-refractivity contribution in [2.45, 2.75) is 50.6 Å². The Labute approximate surface area is 234 Å². The van der Waals surface area contributed by atoms with Gasteiger partial charge in [-0.2, -0.15) is 0 Å². The molecule has 0 radical (unpaired) electrons. The van der Waals surface area contributed by atoms with Gasteiger partial charge in [0.05, 0.1) is 15.8 Å². The summed E-state index contributed by atoms with van der Waals surface area (Å²) in [5.74, 6) is -0.603. The second-order valence-electron chi connectivity index (χ2n) is 10.2. The highest BCUT2D eigenvalue weighted by atomic mass is 35.5. The third-order valence-electron chi connectivity index (χ3n) is 7.49. The number of rotatable bonds is 11. The molecule has 2 aliphatic carbocycles. The van der Waals surface area contributed by atoms with Crippen LogP contribution >= 0.6 is 22.9 Å². The summed E-state index contributed by atoms with van der Waals surface area (Å²) in [6.45, 7) is 1.24. The van der Waals surface area contributed by atoms with Crippen molar-refractivity contribution in [1.29, 1.82) is 0 Å². The summed E-state index contributed by atoms with van der Waals surface area (Å²) in [5, 5.41) is 5.58. The summed E-state index contributed by atoms with van der Waals surface area (Å²) in [6, 6.07) is 6.94. The zero-order valence-corrected chi connectivity index (χ0v) is 22.9. The van der Waals surface area contributed by atoms with E-state index in [-0.39, 0.29) is 48.8 Å². The minimum atomic E-state index is -2.87. The molecule has 8 nitrogen and oxygen atoms in total. The van der Waals surface area contributed by atoms with Crippen LogP contribution in [0.1, 0.15) is 53.8 Å². The lowest BCUT2D eigenvalue weighted by molar-refractivity contribution is -0.125. The maximum Gasteiger partial charge on any atom is 0.265 e. The quantitative estimate of drug-likeness (QED) is 0.402. The maximum absolute atomic E-state index is 14.1. The minimum Gasteiger partial charge on any atom is -0.370 e. The van der Waals surface area contributed by atoms with Gasteiger partial charge in [-0.15, -0.1) is 11.3 Å². The SMILES string of the molecule is O=C(NC[C@@H](C(=O)Nc1ccc(N2CCOCC2=O)cc1C(F)F)N(CC1CC1)C1CCC1)c1ccc(Cl)s1. The molecule has 12 heteroatoms. The zero-order chi connectivity index (χ0) is 27.5. The molecule has 1 aliphatic heterocycles. The van der Waals surface area contributed by atoms with Crippen LogP contribution in [0.25, 0.3) is 0 Å². The van der Waals surface area contributed by atoms with E-state index in [2.05, 4.69) is 15.5 Å². The van der Waals surface area contributed by atoms with Gasteiger partial charge in [-0.3, -0.25) is 19.3 Å². The summed E-state index contributed by atoms with van der Waals surface area (Å²) >= 11 is 7.12. The van der Waals surface area contributed by atoms with Gasteiger partial charge in [0.25, 0.3) is 18.2 Å². The number of ether oxygens (including phenoxy) is 1. The average Bonchev–Trinajstić information content (AvgIpc) is 3.59. The molecule has 0 bridgehead atoms. The van der Waals surface area contributed by atoms with E-state index in [4.69, 9.17) is 16.3 Å². The number of nitrogens with zero attached hydrogens (tertiary/aromatic N) is 2. The van der Waals surface area contributed by atoms with E-state index in [1.807, 2.05) is 0 Å². The summed E-state index contributed by atoms with van der Waals surface area (Å²) in [5.41, 5.74) is -0.0470. The number of thiophene rings is 1. The minimum absolute atomic E-state index is 0.0131. The number of anilines is 2. The third kappa shape index (κ3) is 6.77. The van der Waals surface area contributed by atoms with E-state index in [0.717, 1.165) is 50.0 Å². The summed E-state index contributed by atoms with van der Waals surface area (Å²) < 4.78 is 33.9. The Kier molecular flexibility index (Phi) is 8.80. The van der Waals surface area contributed by atoms with Crippen LogP contribution in [0.4, 0.5) is 20.2 Å². The first-order valence-electron chi connectivity index (χ1n) is 13.2. The first-order valence-corrected chi connectivity index (χ1v) is 14.4. The Hall–Kier alpha value is -2.60. The highest BCUT2D eigenvalue weighted by Gasteiger charge is 2.38. The third-order valence-corrected chi connectivity index (χ3v) is 8.72. The van der Waals surface area contributed by atoms with E-state index in [1.54, 1.807) is 18.2 Å². The molecule has 3 fully saturated rings. The van der Waals surface area contributed by atoms with E-state index < -0.39 is 18.4 Å². The Balaban J connectivity index is 1.37. The fourth-order valence-electron chi connectivity index (χ4n) is 4.94. The van der Waals surface area contributed by atoms with Gasteiger partial charge in [-0.05, 0) is 61.9 Å². The lowest BCUT2D eigenvalue weighted by Gasteiger charge is -2.42. The molecule has 5 rings (SSSR count). The highest BCUT2D eigenvalue weighted by Crippen LogP contribution is 2.36. The van der Waals surface area contributed by atoms with Gasteiger partial charge in [0, 0.05) is 42.6 Å². The molecule has 1 aromatic heterocycles. The number of carbonyl (C=O) groups is 3. The van der Waals surface area contributed by atoms with Crippen LogP contribution in [0, 0.1) is 5.92 Å². The topological polar surface area (TPSA) is 91.0 Å². The Morgan fingerprint density at radius 3 is 2.59 bits per heavy atom. The number of alkyl halides is 2. The molecule has 2 N–H and O–H groups in total. The first kappa shape index (κ1) is 27.9. The van der Waals surface area contributed by atoms with E-state index >= 15 is 0 Å². The van der Waals surface area contributed by atoms with E-state index in [9.17, 15) is 23.2 Å². The summed E-state index contributed by atoms with van der Waals surface area (Å²) in [7, 11) is 0. The number of morpholine rings is 1. The monoisotopic (exact) mass is 580 g/mol. The number of nitrogens with one attached hydrogen (secondary N) is 2. The first-order chi connectivity index (χ1) is 18.8. The molecule has 0 spiro atoms. The smallest absolute Gasteiger partial charge is 0.265 e. The van der Waals surface area contributed by atoms with Crippen LogP contribution in [0.15, 0.2) is 30.3 Å². The van der Waals surface area contributed by atoms with Gasteiger partial charge < -0.3 is 20.3 Å². The molecule has 3 amide bonds. The second kappa shape index (κ2) is 12.3. The Morgan fingerprint density at radius 1 is 1.18 bits per heavy atom. The molecule has 2 aromatic rings. The number of carbonyl (C=O) groups excluding carboxylic acids is 3. The van der Waals surface area contributed by atoms with Crippen LogP contribution in [-0.4, -0.2) is 67.6 Å². The standard InChI is InChI=1S/C27H31ClF2N4O4S/c28-23-9-8-22(39-23)27(37)31-13-21(34(14-16-4-5-16)17-2-1-3-17)26(36)32-20-7-6-18(12-19(20)25(29)30)33-10-11-38-15-24(33)35/h6-9,12,16-17,21,25H,1-5,10-11,13-15H2,(H,31,37)(H,32,36)/t21-/m0/s1. The Bertz CT molecular complexity index is 1220. The number of hydrogen-bond acceptors (Lipinski definition) is 6. The number of hydrogen-bond donors (Lipinski definition) is 2. The van der Waals surface area contributed by atoms with Crippen molar-refractivity contribution in [3.63, 3.8) is 0 Å². The van der Waals surface area contributed by atoms with Gasteiger partial charge in [-0.1, -0.05) is 18.0 Å². The molecule has 1 saturated heterocycles. The van der Waals surface area contributed by atoms with Crippen molar-refractivity contribution in [3.05, 3.63) is 45.1 Å². The number of halogens is 3. The van der Waals surface area contributed by atoms with E-state index in [1.165, 1.54) is 17.0 Å². The van der Waals surface area contributed by atoms with Crippen molar-refractivity contribution in [2.24, 2.45) is 5.92 Å². The van der Waals surface area contributed by atoms with Gasteiger partial charge in [0.15, 0.2) is 0 Å². The molecule has 2 heterocycles. The molecule has 1 atom stereocenters. The number of benzene rings is 1. The maximum atomic E-state index is 14.1. The molecule has 210 valence electrons. The van der Waals surface area contributed by atoms with Gasteiger partial charge in [0.1, 0.15) is 12.6 Å². The molecule has 0 unspecified atom stereocenters. The summed E-state index contributed by atoms with van der Waals surface area (Å²) in [6.07, 6.45) is 2.29. The van der Waals surface area contributed by atoms with Crippen molar-refractivity contribution >= 4 is 52.0 Å². The van der Waals surface area contributed by atoms with Crippen molar-refractivity contribution in [1.82, 2.24) is 10.2 Å². The molecule has 3 aliphatic rings. The predicted octanol–water partition coefficient (Wildman–Crippen LogP) is 4.70. The normalized spacial score (nSPS) is 18.8. The van der Waals surface area contributed by atoms with Crippen LogP contribution in [0.2, 0.25) is 4.34 Å². The van der Waals surface area contributed by atoms with Crippen molar-refractivity contribution in [3.8, 4) is 0 Å². The zero-order valence-electron chi connectivity index (χ0n) is 21.3.